The van der Waals surface area contributed by atoms with E-state index in [0.29, 0.717) is 38.3 Å². The molecule has 54 heavy (non-hydrogen) atoms. The van der Waals surface area contributed by atoms with Gasteiger partial charge >= 0.3 is 18.1 Å². The SMILES string of the molecule is COC(=O)[C@H]1CCN(c2nc(OC[C@@]34CCCN3C[C@H](F)C4)nc3c(F)c(-c4ccc(F)c5sc(NC(=O)OC(C)(C)C)c(C#N)c45)c(Cl)cc23)C[C@H]1C. The minimum Gasteiger partial charge on any atom is -0.469 e. The second kappa shape index (κ2) is 14.4. The predicted octanol–water partition coefficient (Wildman–Crippen LogP) is 8.25. The fourth-order valence-electron chi connectivity index (χ4n) is 8.17. The van der Waals surface area contributed by atoms with Gasteiger partial charge in [-0.05, 0) is 70.2 Å². The summed E-state index contributed by atoms with van der Waals surface area (Å²) in [5, 5.41) is 13.1. The first-order valence-electron chi connectivity index (χ1n) is 17.8. The van der Waals surface area contributed by atoms with Crippen molar-refractivity contribution in [1.29, 1.82) is 5.26 Å². The molecule has 4 atom stereocenters. The molecule has 7 rings (SSSR count). The van der Waals surface area contributed by atoms with Gasteiger partial charge in [0.25, 0.3) is 0 Å². The maximum absolute atomic E-state index is 17.3. The number of nitriles is 1. The van der Waals surface area contributed by atoms with Crippen molar-refractivity contribution in [2.75, 3.05) is 50.1 Å². The third kappa shape index (κ3) is 6.88. The number of nitrogens with zero attached hydrogens (tertiary/aromatic N) is 5. The lowest BCUT2D eigenvalue weighted by atomic mass is 9.87. The van der Waals surface area contributed by atoms with Gasteiger partial charge in [-0.25, -0.2) is 18.0 Å². The molecule has 3 fully saturated rings. The highest BCUT2D eigenvalue weighted by atomic mass is 35.5. The average Bonchev–Trinajstić information content (AvgIpc) is 3.77. The van der Waals surface area contributed by atoms with E-state index in [-0.39, 0.29) is 78.1 Å². The molecule has 11 nitrogen and oxygen atoms in total. The number of ether oxygens (including phenoxy) is 3. The maximum Gasteiger partial charge on any atom is 0.412 e. The van der Waals surface area contributed by atoms with Crippen molar-refractivity contribution in [3.8, 4) is 23.2 Å². The van der Waals surface area contributed by atoms with Gasteiger partial charge < -0.3 is 19.1 Å². The zero-order valence-corrected chi connectivity index (χ0v) is 32.1. The van der Waals surface area contributed by atoms with E-state index in [0.717, 1.165) is 36.8 Å². The van der Waals surface area contributed by atoms with E-state index in [9.17, 15) is 19.2 Å². The molecule has 4 aromatic rings. The number of esters is 1. The number of nitrogens with one attached hydrogen (secondary N) is 1. The Balaban J connectivity index is 1.36. The molecule has 2 aromatic carbocycles. The number of rotatable bonds is 7. The summed E-state index contributed by atoms with van der Waals surface area (Å²) in [7, 11) is 1.36. The second-order valence-electron chi connectivity index (χ2n) is 15.3. The normalized spacial score (nSPS) is 23.0. The number of methoxy groups -OCH3 is 1. The number of alkyl halides is 1. The Morgan fingerprint density at radius 2 is 1.98 bits per heavy atom. The fraction of sp³-hybridized carbons (Fsp3) is 0.500. The van der Waals surface area contributed by atoms with Gasteiger partial charge in [0.1, 0.15) is 46.6 Å². The summed E-state index contributed by atoms with van der Waals surface area (Å²) in [6.07, 6.45) is 0.592. The highest BCUT2D eigenvalue weighted by molar-refractivity contribution is 7.23. The van der Waals surface area contributed by atoms with Gasteiger partial charge in [0, 0.05) is 42.4 Å². The van der Waals surface area contributed by atoms with E-state index < -0.39 is 35.0 Å². The van der Waals surface area contributed by atoms with Gasteiger partial charge in [-0.1, -0.05) is 24.6 Å². The molecule has 2 aromatic heterocycles. The van der Waals surface area contributed by atoms with Crippen LogP contribution in [0.15, 0.2) is 18.2 Å². The molecule has 0 radical (unpaired) electrons. The van der Waals surface area contributed by atoms with Crippen LogP contribution < -0.4 is 15.0 Å². The summed E-state index contributed by atoms with van der Waals surface area (Å²) >= 11 is 7.73. The van der Waals surface area contributed by atoms with E-state index in [1.165, 1.54) is 19.2 Å². The van der Waals surface area contributed by atoms with Crippen molar-refractivity contribution < 1.29 is 37.0 Å². The van der Waals surface area contributed by atoms with Crippen LogP contribution in [0.3, 0.4) is 0 Å². The minimum atomic E-state index is -0.982. The number of halogens is 4. The van der Waals surface area contributed by atoms with Crippen LogP contribution >= 0.6 is 22.9 Å². The Kier molecular flexibility index (Phi) is 10.1. The highest BCUT2D eigenvalue weighted by Gasteiger charge is 2.49. The van der Waals surface area contributed by atoms with Crippen molar-refractivity contribution >= 4 is 66.8 Å². The molecular formula is C38H40ClF3N6O5S. The Morgan fingerprint density at radius 3 is 2.69 bits per heavy atom. The Hall–Kier alpha value is -4.39. The molecule has 1 amide bonds. The predicted molar refractivity (Wildman–Crippen MR) is 200 cm³/mol. The van der Waals surface area contributed by atoms with Crippen LogP contribution in [0.1, 0.15) is 58.9 Å². The third-order valence-electron chi connectivity index (χ3n) is 10.6. The number of piperidine rings is 1. The molecule has 5 heterocycles. The van der Waals surface area contributed by atoms with E-state index >= 15 is 8.78 Å². The molecule has 0 aliphatic carbocycles. The summed E-state index contributed by atoms with van der Waals surface area (Å²) in [4.78, 5) is 38.5. The third-order valence-corrected chi connectivity index (χ3v) is 12.0. The molecule has 16 heteroatoms. The van der Waals surface area contributed by atoms with Gasteiger partial charge in [-0.15, -0.1) is 11.3 Å². The van der Waals surface area contributed by atoms with Crippen molar-refractivity contribution in [2.24, 2.45) is 11.8 Å². The van der Waals surface area contributed by atoms with Crippen LogP contribution in [0, 0.1) is 34.8 Å². The molecule has 0 spiro atoms. The first-order valence-corrected chi connectivity index (χ1v) is 19.0. The number of carbonyl (C=O) groups excluding carboxylic acids is 2. The first kappa shape index (κ1) is 37.9. The molecule has 0 bridgehead atoms. The van der Waals surface area contributed by atoms with E-state index in [2.05, 4.69) is 15.2 Å². The molecule has 0 saturated carbocycles. The van der Waals surface area contributed by atoms with Gasteiger partial charge in [0.2, 0.25) is 0 Å². The van der Waals surface area contributed by atoms with Crippen LogP contribution in [-0.2, 0) is 14.3 Å². The number of benzene rings is 2. The Bertz CT molecular complexity index is 2210. The number of fused-ring (bicyclic) bond motifs is 3. The molecule has 3 aliphatic heterocycles. The van der Waals surface area contributed by atoms with Crippen molar-refractivity contribution in [1.82, 2.24) is 14.9 Å². The lowest BCUT2D eigenvalue weighted by Gasteiger charge is -2.37. The number of carbonyl (C=O) groups is 2. The summed E-state index contributed by atoms with van der Waals surface area (Å²) in [6, 6.07) is 5.93. The van der Waals surface area contributed by atoms with Crippen LogP contribution in [0.25, 0.3) is 32.1 Å². The number of hydrogen-bond donors (Lipinski definition) is 1. The van der Waals surface area contributed by atoms with Gasteiger partial charge in [-0.2, -0.15) is 15.2 Å². The highest BCUT2D eigenvalue weighted by Crippen LogP contribution is 2.47. The quantitative estimate of drug-likeness (QED) is 0.183. The summed E-state index contributed by atoms with van der Waals surface area (Å²) in [6.45, 7) is 8.94. The molecule has 0 unspecified atom stereocenters. The van der Waals surface area contributed by atoms with Crippen molar-refractivity contribution in [2.45, 2.75) is 70.7 Å². The second-order valence-corrected chi connectivity index (χ2v) is 16.8. The van der Waals surface area contributed by atoms with Crippen LogP contribution in [0.2, 0.25) is 5.02 Å². The average molecular weight is 785 g/mol. The number of hydrogen-bond acceptors (Lipinski definition) is 11. The summed E-state index contributed by atoms with van der Waals surface area (Å²) < 4.78 is 63.9. The van der Waals surface area contributed by atoms with E-state index in [4.69, 9.17) is 30.8 Å². The van der Waals surface area contributed by atoms with Crippen LogP contribution in [0.4, 0.5) is 28.8 Å². The lowest BCUT2D eigenvalue weighted by Crippen LogP contribution is -2.44. The minimum absolute atomic E-state index is 0.00337. The number of thiophene rings is 1. The number of amides is 1. The molecular weight excluding hydrogens is 745 g/mol. The van der Waals surface area contributed by atoms with Crippen molar-refractivity contribution in [3.05, 3.63) is 40.4 Å². The first-order chi connectivity index (χ1) is 25.6. The van der Waals surface area contributed by atoms with E-state index in [1.54, 1.807) is 20.8 Å². The topological polar surface area (TPSA) is 130 Å². The van der Waals surface area contributed by atoms with Crippen LogP contribution in [0.5, 0.6) is 6.01 Å². The van der Waals surface area contributed by atoms with Gasteiger partial charge in [0.15, 0.2) is 5.82 Å². The van der Waals surface area contributed by atoms with Gasteiger partial charge in [-0.3, -0.25) is 15.0 Å². The standard InChI is InChI=1S/C38H40ClF3N6O5S/c1-19-16-47(12-9-21(19)34(49)51-5)32-23-13-25(39)28(29(42)30(23)44-35(45-32)52-18-38-10-6-11-48(38)17-20(40)14-38)22-7-8-26(41)31-27(22)24(15-43)33(54-31)46-36(50)53-37(2,3)4/h7-8,13,19-21H,6,9-12,14,16-18H2,1-5H3,(H,46,50)/t19-,20-,21+,38+/m1/s1. The lowest BCUT2D eigenvalue weighted by molar-refractivity contribution is -0.147. The smallest absolute Gasteiger partial charge is 0.412 e. The maximum atomic E-state index is 17.3. The zero-order chi connectivity index (χ0) is 38.7. The molecule has 3 aliphatic rings. The summed E-state index contributed by atoms with van der Waals surface area (Å²) in [5.74, 6) is -1.97. The number of anilines is 2. The largest absolute Gasteiger partial charge is 0.469 e. The molecule has 3 saturated heterocycles. The fourth-order valence-corrected chi connectivity index (χ4v) is 9.53. The van der Waals surface area contributed by atoms with Crippen LogP contribution in [-0.4, -0.2) is 84.1 Å². The number of aromatic nitrogens is 2. The van der Waals surface area contributed by atoms with Crippen molar-refractivity contribution in [3.63, 3.8) is 0 Å². The summed E-state index contributed by atoms with van der Waals surface area (Å²) in [5.41, 5.74) is -1.62. The van der Waals surface area contributed by atoms with E-state index in [1.807, 2.05) is 17.9 Å². The Labute approximate surface area is 319 Å². The van der Waals surface area contributed by atoms with Gasteiger partial charge in [0.05, 0.1) is 33.9 Å². The monoisotopic (exact) mass is 784 g/mol. The Morgan fingerprint density at radius 1 is 1.20 bits per heavy atom. The molecule has 1 N–H and O–H groups in total. The molecule has 286 valence electrons. The zero-order valence-electron chi connectivity index (χ0n) is 30.5.